The zero-order valence-electron chi connectivity index (χ0n) is 15.3. The van der Waals surface area contributed by atoms with E-state index < -0.39 is 0 Å². The molecule has 0 spiro atoms. The van der Waals surface area contributed by atoms with Crippen LogP contribution in [-0.2, 0) is 24.1 Å². The molecule has 3 aromatic rings. The molecule has 0 N–H and O–H groups in total. The van der Waals surface area contributed by atoms with Crippen LogP contribution in [-0.4, -0.2) is 16.7 Å². The molecule has 0 aliphatic rings. The Labute approximate surface area is 157 Å². The standard InChI is InChI=1S/C22H20FNO3/c1-14-7-8-16(10-19(25)11-17-5-3-4-6-21(17)23)9-18(14)12-22(26)20-13-24-27-15(20)2/h3-9,13H,10-12H2,1-2H3. The van der Waals surface area contributed by atoms with Gasteiger partial charge in [-0.1, -0.05) is 41.6 Å². The Morgan fingerprint density at radius 1 is 1.00 bits per heavy atom. The quantitative estimate of drug-likeness (QED) is 0.589. The number of aryl methyl sites for hydroxylation is 2. The van der Waals surface area contributed by atoms with Crippen molar-refractivity contribution < 1.29 is 18.5 Å². The Kier molecular flexibility index (Phi) is 5.60. The lowest BCUT2D eigenvalue weighted by Crippen LogP contribution is -2.10. The number of benzene rings is 2. The number of hydrogen-bond acceptors (Lipinski definition) is 4. The normalized spacial score (nSPS) is 10.8. The van der Waals surface area contributed by atoms with Crippen LogP contribution in [0.25, 0.3) is 0 Å². The third kappa shape index (κ3) is 4.56. The second-order valence-corrected chi connectivity index (χ2v) is 6.64. The van der Waals surface area contributed by atoms with Crippen molar-refractivity contribution in [2.75, 3.05) is 0 Å². The summed E-state index contributed by atoms with van der Waals surface area (Å²) in [6, 6.07) is 11.9. The molecule has 0 saturated heterocycles. The van der Waals surface area contributed by atoms with Crippen molar-refractivity contribution in [3.05, 3.63) is 88.1 Å². The highest BCUT2D eigenvalue weighted by Crippen LogP contribution is 2.17. The number of carbonyl (C=O) groups is 2. The lowest BCUT2D eigenvalue weighted by Gasteiger charge is -2.09. The number of rotatable bonds is 7. The molecule has 2 aromatic carbocycles. The highest BCUT2D eigenvalue weighted by molar-refractivity contribution is 5.98. The minimum atomic E-state index is -0.370. The Morgan fingerprint density at radius 2 is 1.78 bits per heavy atom. The largest absolute Gasteiger partial charge is 0.361 e. The van der Waals surface area contributed by atoms with Gasteiger partial charge in [0.1, 0.15) is 17.4 Å². The van der Waals surface area contributed by atoms with Crippen LogP contribution >= 0.6 is 0 Å². The van der Waals surface area contributed by atoms with Crippen molar-refractivity contribution in [2.24, 2.45) is 0 Å². The molecule has 0 fully saturated rings. The highest BCUT2D eigenvalue weighted by atomic mass is 19.1. The first kappa shape index (κ1) is 18.7. The molecule has 1 aromatic heterocycles. The molecule has 0 radical (unpaired) electrons. The van der Waals surface area contributed by atoms with E-state index in [1.807, 2.05) is 25.1 Å². The van der Waals surface area contributed by atoms with Crippen molar-refractivity contribution in [3.63, 3.8) is 0 Å². The minimum absolute atomic E-state index is 0.0503. The van der Waals surface area contributed by atoms with Crippen molar-refractivity contribution in [1.82, 2.24) is 5.16 Å². The summed E-state index contributed by atoms with van der Waals surface area (Å²) in [5, 5.41) is 3.64. The van der Waals surface area contributed by atoms with E-state index in [0.717, 1.165) is 16.7 Å². The first-order valence-corrected chi connectivity index (χ1v) is 8.72. The number of Topliss-reactive ketones (excluding diaryl/α,β-unsaturated/α-hetero) is 2. The lowest BCUT2D eigenvalue weighted by molar-refractivity contribution is -0.117. The van der Waals surface area contributed by atoms with Gasteiger partial charge in [-0.05, 0) is 42.2 Å². The van der Waals surface area contributed by atoms with Gasteiger partial charge in [-0.15, -0.1) is 0 Å². The average molecular weight is 365 g/mol. The molecular weight excluding hydrogens is 345 g/mol. The minimum Gasteiger partial charge on any atom is -0.361 e. The number of halogens is 1. The Morgan fingerprint density at radius 3 is 2.48 bits per heavy atom. The highest BCUT2D eigenvalue weighted by Gasteiger charge is 2.16. The van der Waals surface area contributed by atoms with Crippen LogP contribution in [0, 0.1) is 19.7 Å². The molecule has 4 nitrogen and oxygen atoms in total. The van der Waals surface area contributed by atoms with Gasteiger partial charge in [0.15, 0.2) is 5.78 Å². The van der Waals surface area contributed by atoms with Gasteiger partial charge < -0.3 is 4.52 Å². The molecule has 0 bridgehead atoms. The van der Waals surface area contributed by atoms with Crippen LogP contribution in [0.5, 0.6) is 0 Å². The van der Waals surface area contributed by atoms with Crippen LogP contribution < -0.4 is 0 Å². The molecule has 0 amide bonds. The maximum Gasteiger partial charge on any atom is 0.172 e. The van der Waals surface area contributed by atoms with E-state index >= 15 is 0 Å². The molecule has 3 rings (SSSR count). The molecule has 0 aliphatic carbocycles. The summed E-state index contributed by atoms with van der Waals surface area (Å²) >= 11 is 0. The van der Waals surface area contributed by atoms with Gasteiger partial charge >= 0.3 is 0 Å². The molecule has 0 atom stereocenters. The fourth-order valence-electron chi connectivity index (χ4n) is 3.00. The summed E-state index contributed by atoms with van der Waals surface area (Å²) in [6.07, 6.45) is 1.88. The summed E-state index contributed by atoms with van der Waals surface area (Å²) in [7, 11) is 0. The number of carbonyl (C=O) groups excluding carboxylic acids is 2. The van der Waals surface area contributed by atoms with Crippen LogP contribution in [0.2, 0.25) is 0 Å². The van der Waals surface area contributed by atoms with E-state index in [1.54, 1.807) is 25.1 Å². The molecule has 5 heteroatoms. The molecular formula is C22H20FNO3. The summed E-state index contributed by atoms with van der Waals surface area (Å²) in [4.78, 5) is 24.8. The second kappa shape index (κ2) is 8.08. The van der Waals surface area contributed by atoms with Crippen LogP contribution in [0.4, 0.5) is 4.39 Å². The van der Waals surface area contributed by atoms with Gasteiger partial charge in [0, 0.05) is 19.3 Å². The smallest absolute Gasteiger partial charge is 0.172 e. The van der Waals surface area contributed by atoms with Gasteiger partial charge in [0.2, 0.25) is 0 Å². The molecule has 138 valence electrons. The zero-order valence-corrected chi connectivity index (χ0v) is 15.3. The van der Waals surface area contributed by atoms with Crippen molar-refractivity contribution in [3.8, 4) is 0 Å². The molecule has 0 unspecified atom stereocenters. The summed E-state index contributed by atoms with van der Waals surface area (Å²) in [6.45, 7) is 3.62. The van der Waals surface area contributed by atoms with Gasteiger partial charge in [-0.25, -0.2) is 4.39 Å². The first-order chi connectivity index (χ1) is 12.9. The van der Waals surface area contributed by atoms with E-state index in [1.165, 1.54) is 12.3 Å². The van der Waals surface area contributed by atoms with Crippen LogP contribution in [0.15, 0.2) is 53.2 Å². The SMILES string of the molecule is Cc1ccc(CC(=O)Cc2ccccc2F)cc1CC(=O)c1cnoc1C. The van der Waals surface area contributed by atoms with Crippen molar-refractivity contribution in [2.45, 2.75) is 33.1 Å². The van der Waals surface area contributed by atoms with E-state index in [9.17, 15) is 14.0 Å². The number of aromatic nitrogens is 1. The van der Waals surface area contributed by atoms with E-state index in [0.29, 0.717) is 16.9 Å². The monoisotopic (exact) mass is 365 g/mol. The predicted octanol–water partition coefficient (Wildman–Crippen LogP) is 4.21. The number of hydrogen-bond donors (Lipinski definition) is 0. The maximum atomic E-state index is 13.7. The maximum absolute atomic E-state index is 13.7. The Hall–Kier alpha value is -3.08. The summed E-state index contributed by atoms with van der Waals surface area (Å²) < 4.78 is 18.7. The van der Waals surface area contributed by atoms with Gasteiger partial charge in [0.25, 0.3) is 0 Å². The van der Waals surface area contributed by atoms with E-state index in [2.05, 4.69) is 5.16 Å². The van der Waals surface area contributed by atoms with Crippen molar-refractivity contribution in [1.29, 1.82) is 0 Å². The third-order valence-corrected chi connectivity index (χ3v) is 4.56. The first-order valence-electron chi connectivity index (χ1n) is 8.72. The Bertz CT molecular complexity index is 991. The van der Waals surface area contributed by atoms with Crippen molar-refractivity contribution >= 4 is 11.6 Å². The Balaban J connectivity index is 1.71. The molecule has 27 heavy (non-hydrogen) atoms. The summed E-state index contributed by atoms with van der Waals surface area (Å²) in [5.74, 6) is -0.0261. The third-order valence-electron chi connectivity index (χ3n) is 4.56. The van der Waals surface area contributed by atoms with Gasteiger partial charge in [-0.2, -0.15) is 0 Å². The number of nitrogens with zero attached hydrogens (tertiary/aromatic N) is 1. The summed E-state index contributed by atoms with van der Waals surface area (Å²) in [5.41, 5.74) is 3.51. The van der Waals surface area contributed by atoms with E-state index in [4.69, 9.17) is 4.52 Å². The predicted molar refractivity (Wildman–Crippen MR) is 99.3 cm³/mol. The molecule has 0 aliphatic heterocycles. The second-order valence-electron chi connectivity index (χ2n) is 6.64. The fraction of sp³-hybridized carbons (Fsp3) is 0.227. The van der Waals surface area contributed by atoms with Crippen LogP contribution in [0.1, 0.15) is 38.4 Å². The molecule has 1 heterocycles. The zero-order chi connectivity index (χ0) is 19.4. The number of ketones is 2. The topological polar surface area (TPSA) is 60.2 Å². The molecule has 0 saturated carbocycles. The average Bonchev–Trinajstić information content (AvgIpc) is 3.06. The van der Waals surface area contributed by atoms with Gasteiger partial charge in [0.05, 0.1) is 11.8 Å². The van der Waals surface area contributed by atoms with Crippen LogP contribution in [0.3, 0.4) is 0 Å². The fourth-order valence-corrected chi connectivity index (χ4v) is 3.00. The lowest BCUT2D eigenvalue weighted by atomic mass is 9.95. The van der Waals surface area contributed by atoms with E-state index in [-0.39, 0.29) is 36.6 Å². The van der Waals surface area contributed by atoms with Gasteiger partial charge in [-0.3, -0.25) is 9.59 Å².